The molecule has 0 aliphatic carbocycles. The average molecular weight is 247 g/mol. The quantitative estimate of drug-likeness (QED) is 0.881. The lowest BCUT2D eigenvalue weighted by molar-refractivity contribution is 0.0644. The number of halogens is 1. The summed E-state index contributed by atoms with van der Waals surface area (Å²) in [4.78, 5) is 4.36. The maximum absolute atomic E-state index is 13.5. The zero-order valence-corrected chi connectivity index (χ0v) is 9.88. The van der Waals surface area contributed by atoms with E-state index in [9.17, 15) is 9.50 Å². The average Bonchev–Trinajstić information content (AvgIpc) is 2.76. The van der Waals surface area contributed by atoms with Gasteiger partial charge in [-0.15, -0.1) is 0 Å². The molecule has 3 rings (SSSR count). The van der Waals surface area contributed by atoms with Crippen molar-refractivity contribution in [2.24, 2.45) is 0 Å². The number of fused-ring (bicyclic) bond motifs is 1. The molecule has 0 saturated heterocycles. The molecule has 0 amide bonds. The number of aromatic nitrogens is 3. The van der Waals surface area contributed by atoms with Gasteiger partial charge in [-0.25, -0.2) is 14.1 Å². The van der Waals surface area contributed by atoms with Crippen LogP contribution in [0.1, 0.15) is 36.3 Å². The van der Waals surface area contributed by atoms with Crippen molar-refractivity contribution in [1.82, 2.24) is 14.8 Å². The highest BCUT2D eigenvalue weighted by Gasteiger charge is 2.21. The summed E-state index contributed by atoms with van der Waals surface area (Å²) in [5.74, 6) is 1.11. The number of aliphatic hydroxyl groups excluding tert-OH is 1. The van der Waals surface area contributed by atoms with Gasteiger partial charge in [0, 0.05) is 12.8 Å². The number of benzene rings is 1. The molecule has 4 nitrogen and oxygen atoms in total. The predicted octanol–water partition coefficient (Wildman–Crippen LogP) is 1.84. The van der Waals surface area contributed by atoms with E-state index in [1.165, 1.54) is 6.07 Å². The standard InChI is InChI=1S/C13H14FN3O/c14-10-5-2-1-4-9(10)8-11-15-12-6-3-7-13(18)17(12)16-11/h1-2,4-5,13,18H,3,6-8H2. The summed E-state index contributed by atoms with van der Waals surface area (Å²) in [6.07, 6.45) is 2.21. The topological polar surface area (TPSA) is 50.9 Å². The van der Waals surface area contributed by atoms with E-state index in [1.54, 1.807) is 22.9 Å². The minimum absolute atomic E-state index is 0.245. The van der Waals surface area contributed by atoms with Crippen LogP contribution >= 0.6 is 0 Å². The maximum Gasteiger partial charge on any atom is 0.155 e. The first-order valence-corrected chi connectivity index (χ1v) is 6.10. The van der Waals surface area contributed by atoms with Gasteiger partial charge in [0.1, 0.15) is 17.9 Å². The molecule has 0 bridgehead atoms. The first-order chi connectivity index (χ1) is 8.74. The molecular formula is C13H14FN3O. The number of aliphatic hydroxyl groups is 1. The summed E-state index contributed by atoms with van der Waals surface area (Å²) < 4.78 is 15.1. The van der Waals surface area contributed by atoms with Crippen molar-refractivity contribution in [3.05, 3.63) is 47.3 Å². The predicted molar refractivity (Wildman–Crippen MR) is 63.4 cm³/mol. The van der Waals surface area contributed by atoms with Crippen molar-refractivity contribution in [2.75, 3.05) is 0 Å². The molecule has 5 heteroatoms. The molecular weight excluding hydrogens is 233 g/mol. The fourth-order valence-electron chi connectivity index (χ4n) is 2.27. The molecule has 1 atom stereocenters. The van der Waals surface area contributed by atoms with Crippen molar-refractivity contribution in [2.45, 2.75) is 31.9 Å². The Morgan fingerprint density at radius 2 is 2.22 bits per heavy atom. The van der Waals surface area contributed by atoms with Crippen LogP contribution in [0, 0.1) is 5.82 Å². The molecule has 0 saturated carbocycles. The van der Waals surface area contributed by atoms with Crippen LogP contribution in [-0.4, -0.2) is 19.9 Å². The smallest absolute Gasteiger partial charge is 0.155 e. The van der Waals surface area contributed by atoms with Gasteiger partial charge in [-0.2, -0.15) is 5.10 Å². The molecule has 18 heavy (non-hydrogen) atoms. The molecule has 1 aliphatic heterocycles. The van der Waals surface area contributed by atoms with Gasteiger partial charge in [-0.1, -0.05) is 18.2 Å². The van der Waals surface area contributed by atoms with Gasteiger partial charge >= 0.3 is 0 Å². The van der Waals surface area contributed by atoms with Crippen LogP contribution in [0.2, 0.25) is 0 Å². The Hall–Kier alpha value is -1.75. The number of aryl methyl sites for hydroxylation is 1. The molecule has 94 valence electrons. The second-order valence-corrected chi connectivity index (χ2v) is 4.53. The third-order valence-electron chi connectivity index (χ3n) is 3.20. The van der Waals surface area contributed by atoms with Gasteiger partial charge < -0.3 is 5.11 Å². The number of hydrogen-bond acceptors (Lipinski definition) is 3. The minimum atomic E-state index is -0.587. The van der Waals surface area contributed by atoms with Crippen LogP contribution in [-0.2, 0) is 12.8 Å². The van der Waals surface area contributed by atoms with E-state index in [4.69, 9.17) is 0 Å². The molecule has 1 aromatic heterocycles. The van der Waals surface area contributed by atoms with E-state index in [0.29, 0.717) is 24.2 Å². The third-order valence-corrected chi connectivity index (χ3v) is 3.20. The highest BCUT2D eigenvalue weighted by Crippen LogP contribution is 2.21. The Kier molecular flexibility index (Phi) is 2.83. The van der Waals surface area contributed by atoms with Crippen molar-refractivity contribution in [3.63, 3.8) is 0 Å². The largest absolute Gasteiger partial charge is 0.372 e. The van der Waals surface area contributed by atoms with Crippen LogP contribution in [0.15, 0.2) is 24.3 Å². The molecule has 1 N–H and O–H groups in total. The van der Waals surface area contributed by atoms with Crippen LogP contribution in [0.3, 0.4) is 0 Å². The molecule has 0 fully saturated rings. The summed E-state index contributed by atoms with van der Waals surface area (Å²) in [5, 5.41) is 14.0. The first kappa shape index (κ1) is 11.3. The van der Waals surface area contributed by atoms with Gasteiger partial charge in [0.25, 0.3) is 0 Å². The molecule has 1 aliphatic rings. The number of hydrogen-bond donors (Lipinski definition) is 1. The number of nitrogens with zero attached hydrogens (tertiary/aromatic N) is 3. The maximum atomic E-state index is 13.5. The van der Waals surface area contributed by atoms with Gasteiger partial charge in [-0.05, 0) is 24.5 Å². The van der Waals surface area contributed by atoms with E-state index in [0.717, 1.165) is 18.7 Å². The molecule has 2 aromatic rings. The van der Waals surface area contributed by atoms with Gasteiger partial charge in [0.2, 0.25) is 0 Å². The lowest BCUT2D eigenvalue weighted by atomic mass is 10.1. The zero-order chi connectivity index (χ0) is 12.5. The Balaban J connectivity index is 1.88. The Bertz CT molecular complexity index is 567. The van der Waals surface area contributed by atoms with E-state index >= 15 is 0 Å². The van der Waals surface area contributed by atoms with E-state index in [1.807, 2.05) is 0 Å². The molecule has 0 radical (unpaired) electrons. The van der Waals surface area contributed by atoms with Gasteiger partial charge in [-0.3, -0.25) is 0 Å². The minimum Gasteiger partial charge on any atom is -0.372 e. The fraction of sp³-hybridized carbons (Fsp3) is 0.385. The normalized spacial score (nSPS) is 18.7. The Labute approximate surface area is 104 Å². The summed E-state index contributed by atoms with van der Waals surface area (Å²) in [6, 6.07) is 6.61. The van der Waals surface area contributed by atoms with Crippen molar-refractivity contribution in [3.8, 4) is 0 Å². The van der Waals surface area contributed by atoms with Crippen LogP contribution in [0.5, 0.6) is 0 Å². The van der Waals surface area contributed by atoms with Crippen LogP contribution in [0.25, 0.3) is 0 Å². The molecule has 1 unspecified atom stereocenters. The van der Waals surface area contributed by atoms with Crippen LogP contribution in [0.4, 0.5) is 4.39 Å². The van der Waals surface area contributed by atoms with E-state index in [-0.39, 0.29) is 5.82 Å². The lowest BCUT2D eigenvalue weighted by Crippen LogP contribution is -2.18. The lowest BCUT2D eigenvalue weighted by Gasteiger charge is -2.17. The fourth-order valence-corrected chi connectivity index (χ4v) is 2.27. The summed E-state index contributed by atoms with van der Waals surface area (Å²) >= 11 is 0. The Morgan fingerprint density at radius 3 is 3.00 bits per heavy atom. The van der Waals surface area contributed by atoms with Gasteiger partial charge in [0.05, 0.1) is 0 Å². The number of rotatable bonds is 2. The van der Waals surface area contributed by atoms with E-state index < -0.39 is 6.23 Å². The van der Waals surface area contributed by atoms with E-state index in [2.05, 4.69) is 10.1 Å². The molecule has 0 spiro atoms. The first-order valence-electron chi connectivity index (χ1n) is 6.10. The molecule has 1 aromatic carbocycles. The van der Waals surface area contributed by atoms with Crippen LogP contribution < -0.4 is 0 Å². The van der Waals surface area contributed by atoms with Gasteiger partial charge in [0.15, 0.2) is 5.82 Å². The summed E-state index contributed by atoms with van der Waals surface area (Å²) in [5.41, 5.74) is 0.579. The summed E-state index contributed by atoms with van der Waals surface area (Å²) in [6.45, 7) is 0. The van der Waals surface area contributed by atoms with Crippen molar-refractivity contribution < 1.29 is 9.50 Å². The second kappa shape index (κ2) is 4.49. The summed E-state index contributed by atoms with van der Waals surface area (Å²) in [7, 11) is 0. The second-order valence-electron chi connectivity index (χ2n) is 4.53. The zero-order valence-electron chi connectivity index (χ0n) is 9.88. The van der Waals surface area contributed by atoms with Crippen molar-refractivity contribution >= 4 is 0 Å². The SMILES string of the molecule is OC1CCCc2nc(Cc3ccccc3F)nn21. The Morgan fingerprint density at radius 1 is 1.39 bits per heavy atom. The highest BCUT2D eigenvalue weighted by molar-refractivity contribution is 5.21. The third kappa shape index (κ3) is 2.01. The highest BCUT2D eigenvalue weighted by atomic mass is 19.1. The monoisotopic (exact) mass is 247 g/mol. The van der Waals surface area contributed by atoms with Crippen molar-refractivity contribution in [1.29, 1.82) is 0 Å². The molecule has 2 heterocycles.